The number of likely N-dealkylation sites (N-methyl/N-ethyl adjacent to an activating group) is 1. The molecule has 1 aliphatic rings. The third-order valence-electron chi connectivity index (χ3n) is 4.43. The van der Waals surface area contributed by atoms with Gasteiger partial charge in [-0.15, -0.1) is 0 Å². The SMILES string of the molecule is CCN1CCN(C(=O)c2cc(NCc3ccccc3)ccn2)CC1. The van der Waals surface area contributed by atoms with E-state index in [1.807, 2.05) is 35.2 Å². The van der Waals surface area contributed by atoms with Crippen molar-refractivity contribution in [1.82, 2.24) is 14.8 Å². The van der Waals surface area contributed by atoms with Crippen molar-refractivity contribution in [2.24, 2.45) is 0 Å². The van der Waals surface area contributed by atoms with E-state index in [2.05, 4.69) is 34.3 Å². The van der Waals surface area contributed by atoms with E-state index in [1.54, 1.807) is 6.20 Å². The van der Waals surface area contributed by atoms with Crippen molar-refractivity contribution in [3.05, 3.63) is 59.9 Å². The Bertz CT molecular complexity index is 666. The highest BCUT2D eigenvalue weighted by Crippen LogP contribution is 2.13. The third-order valence-corrected chi connectivity index (χ3v) is 4.43. The van der Waals surface area contributed by atoms with E-state index in [0.717, 1.165) is 45.0 Å². The van der Waals surface area contributed by atoms with E-state index in [4.69, 9.17) is 0 Å². The molecule has 5 heteroatoms. The first kappa shape index (κ1) is 16.5. The second-order valence-corrected chi connectivity index (χ2v) is 6.00. The van der Waals surface area contributed by atoms with E-state index in [1.165, 1.54) is 5.56 Å². The van der Waals surface area contributed by atoms with Crippen LogP contribution in [-0.4, -0.2) is 53.4 Å². The van der Waals surface area contributed by atoms with Gasteiger partial charge in [-0.05, 0) is 24.2 Å². The van der Waals surface area contributed by atoms with Gasteiger partial charge >= 0.3 is 0 Å². The van der Waals surface area contributed by atoms with Crippen LogP contribution < -0.4 is 5.32 Å². The number of nitrogens with one attached hydrogen (secondary N) is 1. The largest absolute Gasteiger partial charge is 0.381 e. The van der Waals surface area contributed by atoms with Crippen LogP contribution >= 0.6 is 0 Å². The smallest absolute Gasteiger partial charge is 0.272 e. The molecule has 0 unspecified atom stereocenters. The maximum atomic E-state index is 12.6. The molecule has 1 aliphatic heterocycles. The predicted octanol–water partition coefficient (Wildman–Crippen LogP) is 2.47. The summed E-state index contributed by atoms with van der Waals surface area (Å²) in [5.41, 5.74) is 2.64. The molecule has 3 rings (SSSR count). The van der Waals surface area contributed by atoms with Gasteiger partial charge in [0.1, 0.15) is 5.69 Å². The summed E-state index contributed by atoms with van der Waals surface area (Å²) in [6.45, 7) is 7.35. The molecule has 0 radical (unpaired) electrons. The number of rotatable bonds is 5. The maximum absolute atomic E-state index is 12.6. The lowest BCUT2D eigenvalue weighted by Gasteiger charge is -2.33. The molecule has 1 saturated heterocycles. The van der Waals surface area contributed by atoms with Gasteiger partial charge in [0.15, 0.2) is 0 Å². The Morgan fingerprint density at radius 1 is 1.12 bits per heavy atom. The van der Waals surface area contributed by atoms with Crippen molar-refractivity contribution >= 4 is 11.6 Å². The number of nitrogens with zero attached hydrogens (tertiary/aromatic N) is 3. The molecule has 0 saturated carbocycles. The molecule has 24 heavy (non-hydrogen) atoms. The third kappa shape index (κ3) is 4.11. The van der Waals surface area contributed by atoms with Crippen molar-refractivity contribution in [1.29, 1.82) is 0 Å². The molecule has 1 fully saturated rings. The van der Waals surface area contributed by atoms with Crippen molar-refractivity contribution in [2.75, 3.05) is 38.0 Å². The minimum atomic E-state index is 0.0223. The van der Waals surface area contributed by atoms with Gasteiger partial charge in [-0.1, -0.05) is 37.3 Å². The summed E-state index contributed by atoms with van der Waals surface area (Å²) in [4.78, 5) is 21.2. The highest BCUT2D eigenvalue weighted by molar-refractivity contribution is 5.93. The lowest BCUT2D eigenvalue weighted by molar-refractivity contribution is 0.0637. The number of amides is 1. The van der Waals surface area contributed by atoms with Crippen LogP contribution in [0.4, 0.5) is 5.69 Å². The van der Waals surface area contributed by atoms with E-state index in [-0.39, 0.29) is 5.91 Å². The Hall–Kier alpha value is -2.40. The van der Waals surface area contributed by atoms with Gasteiger partial charge in [0.25, 0.3) is 5.91 Å². The lowest BCUT2D eigenvalue weighted by atomic mass is 10.2. The number of hydrogen-bond acceptors (Lipinski definition) is 4. The van der Waals surface area contributed by atoms with E-state index in [0.29, 0.717) is 5.69 Å². The fourth-order valence-electron chi connectivity index (χ4n) is 2.89. The normalized spacial score (nSPS) is 15.3. The van der Waals surface area contributed by atoms with E-state index >= 15 is 0 Å². The van der Waals surface area contributed by atoms with Gasteiger partial charge in [0.05, 0.1) is 0 Å². The Morgan fingerprint density at radius 3 is 2.58 bits per heavy atom. The summed E-state index contributed by atoms with van der Waals surface area (Å²) in [7, 11) is 0. The molecule has 1 amide bonds. The zero-order valence-corrected chi connectivity index (χ0v) is 14.1. The average Bonchev–Trinajstić information content (AvgIpc) is 2.67. The Kier molecular flexibility index (Phi) is 5.43. The van der Waals surface area contributed by atoms with Gasteiger partial charge in [0.2, 0.25) is 0 Å². The molecule has 1 aromatic carbocycles. The molecule has 2 aromatic rings. The second kappa shape index (κ2) is 7.93. The number of anilines is 1. The lowest BCUT2D eigenvalue weighted by Crippen LogP contribution is -2.48. The molecule has 0 atom stereocenters. The first-order valence-corrected chi connectivity index (χ1v) is 8.51. The molecular formula is C19H24N4O. The first-order chi connectivity index (χ1) is 11.8. The molecular weight excluding hydrogens is 300 g/mol. The van der Waals surface area contributed by atoms with Crippen molar-refractivity contribution in [3.63, 3.8) is 0 Å². The number of aromatic nitrogens is 1. The maximum Gasteiger partial charge on any atom is 0.272 e. The highest BCUT2D eigenvalue weighted by Gasteiger charge is 2.22. The zero-order chi connectivity index (χ0) is 16.8. The highest BCUT2D eigenvalue weighted by atomic mass is 16.2. The number of hydrogen-bond donors (Lipinski definition) is 1. The summed E-state index contributed by atoms with van der Waals surface area (Å²) in [6, 6.07) is 13.9. The van der Waals surface area contributed by atoms with Gasteiger partial charge < -0.3 is 15.1 Å². The molecule has 1 N–H and O–H groups in total. The Balaban J connectivity index is 1.61. The number of benzene rings is 1. The van der Waals surface area contributed by atoms with Crippen molar-refractivity contribution in [2.45, 2.75) is 13.5 Å². The van der Waals surface area contributed by atoms with Crippen LogP contribution in [0.15, 0.2) is 48.7 Å². The minimum absolute atomic E-state index is 0.0223. The monoisotopic (exact) mass is 324 g/mol. The fourth-order valence-corrected chi connectivity index (χ4v) is 2.89. The first-order valence-electron chi connectivity index (χ1n) is 8.51. The molecule has 126 valence electrons. The average molecular weight is 324 g/mol. The number of carbonyl (C=O) groups is 1. The van der Waals surface area contributed by atoms with Crippen LogP contribution in [0, 0.1) is 0 Å². The molecule has 0 aliphatic carbocycles. The molecule has 5 nitrogen and oxygen atoms in total. The fraction of sp³-hybridized carbons (Fsp3) is 0.368. The van der Waals surface area contributed by atoms with Crippen LogP contribution in [0.2, 0.25) is 0 Å². The van der Waals surface area contributed by atoms with Gasteiger partial charge in [0, 0.05) is 44.6 Å². The summed E-state index contributed by atoms with van der Waals surface area (Å²) in [6.07, 6.45) is 1.70. The van der Waals surface area contributed by atoms with E-state index < -0.39 is 0 Å². The Labute approximate surface area is 143 Å². The van der Waals surface area contributed by atoms with Gasteiger partial charge in [-0.25, -0.2) is 0 Å². The summed E-state index contributed by atoms with van der Waals surface area (Å²) in [5, 5.41) is 3.36. The van der Waals surface area contributed by atoms with Crippen LogP contribution in [0.5, 0.6) is 0 Å². The summed E-state index contributed by atoms with van der Waals surface area (Å²) in [5.74, 6) is 0.0223. The minimum Gasteiger partial charge on any atom is -0.381 e. The number of carbonyl (C=O) groups excluding carboxylic acids is 1. The number of piperazine rings is 1. The quantitative estimate of drug-likeness (QED) is 0.918. The molecule has 0 spiro atoms. The van der Waals surface area contributed by atoms with Crippen LogP contribution in [0.25, 0.3) is 0 Å². The van der Waals surface area contributed by atoms with Gasteiger partial charge in [-0.2, -0.15) is 0 Å². The van der Waals surface area contributed by atoms with Crippen molar-refractivity contribution in [3.8, 4) is 0 Å². The van der Waals surface area contributed by atoms with Crippen LogP contribution in [0.1, 0.15) is 23.0 Å². The molecule has 2 heterocycles. The standard InChI is InChI=1S/C19H24N4O/c1-2-22-10-12-23(13-11-22)19(24)18-14-17(8-9-20-18)21-15-16-6-4-3-5-7-16/h3-9,14H,2,10-13,15H2,1H3,(H,20,21). The van der Waals surface area contributed by atoms with Crippen LogP contribution in [0.3, 0.4) is 0 Å². The molecule has 1 aromatic heterocycles. The van der Waals surface area contributed by atoms with E-state index in [9.17, 15) is 4.79 Å². The topological polar surface area (TPSA) is 48.5 Å². The van der Waals surface area contributed by atoms with Crippen LogP contribution in [-0.2, 0) is 6.54 Å². The van der Waals surface area contributed by atoms with Gasteiger partial charge in [-0.3, -0.25) is 9.78 Å². The second-order valence-electron chi connectivity index (χ2n) is 6.00. The zero-order valence-electron chi connectivity index (χ0n) is 14.1. The van der Waals surface area contributed by atoms with Crippen molar-refractivity contribution < 1.29 is 4.79 Å². The number of pyridine rings is 1. The predicted molar refractivity (Wildman–Crippen MR) is 96.0 cm³/mol. The summed E-state index contributed by atoms with van der Waals surface area (Å²) < 4.78 is 0. The molecule has 0 bridgehead atoms. The Morgan fingerprint density at radius 2 is 1.88 bits per heavy atom. The summed E-state index contributed by atoms with van der Waals surface area (Å²) >= 11 is 0.